The first-order valence-electron chi connectivity index (χ1n) is 9.93. The highest BCUT2D eigenvalue weighted by molar-refractivity contribution is 5.92. The zero-order valence-electron chi connectivity index (χ0n) is 16.5. The van der Waals surface area contributed by atoms with E-state index in [0.29, 0.717) is 30.0 Å². The molecule has 7 nitrogen and oxygen atoms in total. The van der Waals surface area contributed by atoms with Gasteiger partial charge in [-0.2, -0.15) is 5.10 Å². The van der Waals surface area contributed by atoms with Gasteiger partial charge in [-0.1, -0.05) is 30.3 Å². The number of benzene rings is 1. The molecule has 7 heteroatoms. The number of aromatic nitrogens is 3. The molecule has 29 heavy (non-hydrogen) atoms. The van der Waals surface area contributed by atoms with Crippen molar-refractivity contribution in [2.24, 2.45) is 11.8 Å². The van der Waals surface area contributed by atoms with Gasteiger partial charge in [0, 0.05) is 38.4 Å². The molecule has 2 saturated heterocycles. The van der Waals surface area contributed by atoms with Gasteiger partial charge in [0.25, 0.3) is 5.91 Å². The molecule has 0 bridgehead atoms. The summed E-state index contributed by atoms with van der Waals surface area (Å²) in [5, 5.41) is 8.57. The van der Waals surface area contributed by atoms with E-state index in [1.165, 1.54) is 6.26 Å². The minimum Gasteiger partial charge on any atom is -0.448 e. The van der Waals surface area contributed by atoms with Gasteiger partial charge in [0.15, 0.2) is 17.4 Å². The second-order valence-corrected chi connectivity index (χ2v) is 7.93. The van der Waals surface area contributed by atoms with Crippen LogP contribution in [0.3, 0.4) is 0 Å². The van der Waals surface area contributed by atoms with Gasteiger partial charge in [-0.3, -0.25) is 4.79 Å². The summed E-state index contributed by atoms with van der Waals surface area (Å²) in [5.41, 5.74) is 2.45. The monoisotopic (exact) mass is 389 g/mol. The Bertz CT molecular complexity index is 1020. The summed E-state index contributed by atoms with van der Waals surface area (Å²) in [6, 6.07) is 14.3. The number of hydrogen-bond donors (Lipinski definition) is 0. The maximum absolute atomic E-state index is 13.2. The first kappa shape index (κ1) is 17.8. The molecule has 1 amide bonds. The summed E-state index contributed by atoms with van der Waals surface area (Å²) in [7, 11) is 0. The third-order valence-corrected chi connectivity index (χ3v) is 6.01. The Hall–Kier alpha value is -3.22. The molecule has 2 aliphatic rings. The zero-order valence-corrected chi connectivity index (χ0v) is 16.5. The van der Waals surface area contributed by atoms with E-state index in [4.69, 9.17) is 4.42 Å². The minimum absolute atomic E-state index is 0.00844. The number of nitrogens with zero attached hydrogens (tertiary/aromatic N) is 5. The lowest BCUT2D eigenvalue weighted by Gasteiger charge is -2.29. The van der Waals surface area contributed by atoms with Crippen molar-refractivity contribution >= 4 is 11.7 Å². The van der Waals surface area contributed by atoms with Crippen LogP contribution in [0, 0.1) is 25.7 Å². The number of anilines is 1. The quantitative estimate of drug-likeness (QED) is 0.685. The molecule has 0 aliphatic carbocycles. The number of amides is 1. The molecular formula is C22H23N5O2. The molecule has 0 unspecified atom stereocenters. The van der Waals surface area contributed by atoms with Crippen molar-refractivity contribution in [2.75, 3.05) is 24.5 Å². The Morgan fingerprint density at radius 2 is 1.86 bits per heavy atom. The molecule has 2 aromatic heterocycles. The maximum Gasteiger partial charge on any atom is 0.276 e. The van der Waals surface area contributed by atoms with Crippen LogP contribution in [0.15, 0.2) is 53.1 Å². The molecule has 148 valence electrons. The van der Waals surface area contributed by atoms with Gasteiger partial charge >= 0.3 is 0 Å². The highest BCUT2D eigenvalue weighted by atomic mass is 16.3. The van der Waals surface area contributed by atoms with E-state index >= 15 is 0 Å². The van der Waals surface area contributed by atoms with Gasteiger partial charge in [-0.15, -0.1) is 5.10 Å². The van der Waals surface area contributed by atoms with Gasteiger partial charge in [-0.05, 0) is 24.6 Å². The van der Waals surface area contributed by atoms with E-state index in [1.807, 2.05) is 42.2 Å². The van der Waals surface area contributed by atoms with E-state index in [9.17, 15) is 4.79 Å². The third kappa shape index (κ3) is 3.16. The van der Waals surface area contributed by atoms with Crippen molar-refractivity contribution < 1.29 is 9.21 Å². The molecule has 0 spiro atoms. The first-order chi connectivity index (χ1) is 14.1. The standard InChI is InChI=1S/C22H23N5O2/c1-14-8-9-20(25-24-14)26-10-17-11-27(22(28)19-13-29-15(2)23-19)21(18(17)12-26)16-6-4-3-5-7-16/h3-9,13,17-18,21H,10-12H2,1-2H3/t17-,18-,21+/m0/s1. The molecule has 5 rings (SSSR count). The molecule has 0 radical (unpaired) electrons. The molecule has 3 aromatic rings. The van der Waals surface area contributed by atoms with Gasteiger partial charge in [0.05, 0.1) is 11.7 Å². The van der Waals surface area contributed by atoms with Crippen molar-refractivity contribution in [3.8, 4) is 0 Å². The van der Waals surface area contributed by atoms with Crippen molar-refractivity contribution in [1.82, 2.24) is 20.1 Å². The van der Waals surface area contributed by atoms with Crippen molar-refractivity contribution in [3.05, 3.63) is 71.6 Å². The average molecular weight is 389 g/mol. The number of carbonyl (C=O) groups is 1. The summed E-state index contributed by atoms with van der Waals surface area (Å²) >= 11 is 0. The fraction of sp³-hybridized carbons (Fsp3) is 0.364. The predicted molar refractivity (Wildman–Crippen MR) is 107 cm³/mol. The van der Waals surface area contributed by atoms with Crippen molar-refractivity contribution in [2.45, 2.75) is 19.9 Å². The van der Waals surface area contributed by atoms with Gasteiger partial charge in [-0.25, -0.2) is 4.98 Å². The van der Waals surface area contributed by atoms with Crippen LogP contribution in [-0.4, -0.2) is 45.6 Å². The molecule has 3 atom stereocenters. The highest BCUT2D eigenvalue weighted by Gasteiger charge is 2.49. The molecule has 0 saturated carbocycles. The lowest BCUT2D eigenvalue weighted by atomic mass is 9.89. The van der Waals surface area contributed by atoms with Gasteiger partial charge < -0.3 is 14.2 Å². The number of rotatable bonds is 3. The number of hydrogen-bond acceptors (Lipinski definition) is 6. The van der Waals surface area contributed by atoms with Crippen LogP contribution in [0.4, 0.5) is 5.82 Å². The molecule has 1 aromatic carbocycles. The number of carbonyl (C=O) groups excluding carboxylic acids is 1. The Kier molecular flexibility index (Phi) is 4.30. The summed E-state index contributed by atoms with van der Waals surface area (Å²) in [4.78, 5) is 21.8. The van der Waals surface area contributed by atoms with E-state index in [-0.39, 0.29) is 11.9 Å². The van der Waals surface area contributed by atoms with E-state index in [1.54, 1.807) is 6.92 Å². The smallest absolute Gasteiger partial charge is 0.276 e. The van der Waals surface area contributed by atoms with Crippen molar-refractivity contribution in [3.63, 3.8) is 0 Å². The van der Waals surface area contributed by atoms with Crippen LogP contribution in [0.25, 0.3) is 0 Å². The first-order valence-corrected chi connectivity index (χ1v) is 9.93. The van der Waals surface area contributed by atoms with E-state index in [2.05, 4.69) is 32.2 Å². The summed E-state index contributed by atoms with van der Waals surface area (Å²) in [5.74, 6) is 2.06. The van der Waals surface area contributed by atoms with Crippen LogP contribution in [0.5, 0.6) is 0 Å². The summed E-state index contributed by atoms with van der Waals surface area (Å²) < 4.78 is 5.28. The lowest BCUT2D eigenvalue weighted by molar-refractivity contribution is 0.0709. The van der Waals surface area contributed by atoms with Gasteiger partial charge in [0.1, 0.15) is 6.26 Å². The molecule has 4 heterocycles. The largest absolute Gasteiger partial charge is 0.448 e. The number of likely N-dealkylation sites (tertiary alicyclic amines) is 1. The van der Waals surface area contributed by atoms with Gasteiger partial charge in [0.2, 0.25) is 0 Å². The molecular weight excluding hydrogens is 366 g/mol. The van der Waals surface area contributed by atoms with Crippen LogP contribution < -0.4 is 4.90 Å². The molecule has 2 fully saturated rings. The summed E-state index contributed by atoms with van der Waals surface area (Å²) in [6.07, 6.45) is 1.46. The second-order valence-electron chi connectivity index (χ2n) is 7.93. The number of oxazole rings is 1. The Balaban J connectivity index is 1.45. The van der Waals surface area contributed by atoms with Crippen LogP contribution >= 0.6 is 0 Å². The fourth-order valence-corrected chi connectivity index (χ4v) is 4.69. The second kappa shape index (κ2) is 6.99. The minimum atomic E-state index is -0.0632. The third-order valence-electron chi connectivity index (χ3n) is 6.01. The number of aryl methyl sites for hydroxylation is 2. The normalized spacial score (nSPS) is 23.4. The van der Waals surface area contributed by atoms with E-state index < -0.39 is 0 Å². The molecule has 2 aliphatic heterocycles. The van der Waals surface area contributed by atoms with Crippen LogP contribution in [0.1, 0.15) is 33.7 Å². The predicted octanol–water partition coefficient (Wildman–Crippen LogP) is 3.03. The Morgan fingerprint density at radius 1 is 1.03 bits per heavy atom. The van der Waals surface area contributed by atoms with E-state index in [0.717, 1.165) is 30.2 Å². The lowest BCUT2D eigenvalue weighted by Crippen LogP contribution is -2.36. The Morgan fingerprint density at radius 3 is 2.55 bits per heavy atom. The summed E-state index contributed by atoms with van der Waals surface area (Å²) in [6.45, 7) is 6.11. The maximum atomic E-state index is 13.2. The number of fused-ring (bicyclic) bond motifs is 1. The zero-order chi connectivity index (χ0) is 20.0. The van der Waals surface area contributed by atoms with Crippen LogP contribution in [-0.2, 0) is 0 Å². The van der Waals surface area contributed by atoms with Crippen LogP contribution in [0.2, 0.25) is 0 Å². The average Bonchev–Trinajstić information content (AvgIpc) is 3.42. The topological polar surface area (TPSA) is 75.4 Å². The molecule has 0 N–H and O–H groups in total. The Labute approximate surface area is 169 Å². The SMILES string of the molecule is Cc1ccc(N2C[C@H]3CN(C(=O)c4coc(C)n4)[C@H](c4ccccc4)[C@H]3C2)nn1. The fourth-order valence-electron chi connectivity index (χ4n) is 4.69. The van der Waals surface area contributed by atoms with Crippen molar-refractivity contribution in [1.29, 1.82) is 0 Å². The highest BCUT2D eigenvalue weighted by Crippen LogP contribution is 2.46.